The van der Waals surface area contributed by atoms with Gasteiger partial charge in [0, 0.05) is 37.2 Å². The maximum Gasteiger partial charge on any atom is 0.186 e. The lowest BCUT2D eigenvalue weighted by Crippen LogP contribution is -2.65. The topological polar surface area (TPSA) is 326 Å². The van der Waals surface area contributed by atoms with Crippen molar-refractivity contribution >= 4 is 0 Å². The van der Waals surface area contributed by atoms with Crippen LogP contribution >= 0.6 is 0 Å². The van der Waals surface area contributed by atoms with Crippen molar-refractivity contribution in [3.05, 3.63) is 0 Å². The maximum absolute atomic E-state index is 11.8. The fraction of sp³-hybridized carbons (Fsp3) is 1.00. The first kappa shape index (κ1) is 51.1. The van der Waals surface area contributed by atoms with Crippen LogP contribution in [0.4, 0.5) is 0 Å². The lowest BCUT2D eigenvalue weighted by Gasteiger charge is -2.52. The van der Waals surface area contributed by atoms with Crippen LogP contribution in [0, 0.1) is 35.5 Å². The molecule has 5 saturated heterocycles. The Morgan fingerprint density at radius 3 is 1.74 bits per heavy atom. The summed E-state index contributed by atoms with van der Waals surface area (Å²) in [5.41, 5.74) is 0. The molecular weight excluding hydrogens is 816 g/mol. The summed E-state index contributed by atoms with van der Waals surface area (Å²) in [6.45, 7) is 7.00. The standard InChI is InChI=1S/C40H72O21/c1-15-16(2)28(48)23(54-24(15)11-42)8-20-25(12-43)55-39(53-7)32(52)35(20)58-37-18(4)29(49)36(27(14-45)57-37)59-38-19(5)34(31(51)26(13-44)56-38)61-40(6)9-21(46)17(3)33(60-40)30(50)22(47)10-41/h15-39,41-52H,8-14H2,1-7H3/t15-,16-,17+,18-,19-,20-,21+,22+,23?,24?,25?,26?,27?,28-,29+,30?,31-,32-,33?,34+,35-,36+,37?,38?,39?,40+/m0/s1. The van der Waals surface area contributed by atoms with Gasteiger partial charge in [0.1, 0.15) is 42.7 Å². The molecule has 12 N–H and O–H groups in total. The number of aliphatic hydroxyl groups excluding tert-OH is 12. The first-order chi connectivity index (χ1) is 28.8. The first-order valence-electron chi connectivity index (χ1n) is 21.4. The molecule has 5 fully saturated rings. The van der Waals surface area contributed by atoms with E-state index >= 15 is 0 Å². The zero-order valence-electron chi connectivity index (χ0n) is 35.9. The molecule has 5 heterocycles. The molecule has 5 rings (SSSR count). The number of rotatable bonds is 16. The van der Waals surface area contributed by atoms with Crippen LogP contribution in [0.5, 0.6) is 0 Å². The molecule has 21 nitrogen and oxygen atoms in total. The van der Waals surface area contributed by atoms with E-state index in [0.717, 1.165) is 0 Å². The number of hydrogen-bond donors (Lipinski definition) is 12. The van der Waals surface area contributed by atoms with Gasteiger partial charge in [-0.25, -0.2) is 0 Å². The van der Waals surface area contributed by atoms with Crippen LogP contribution in [0.15, 0.2) is 0 Å². The smallest absolute Gasteiger partial charge is 0.186 e. The third-order valence-electron chi connectivity index (χ3n) is 13.9. The number of aliphatic hydroxyl groups is 12. The molecule has 358 valence electrons. The number of hydrogen-bond acceptors (Lipinski definition) is 21. The molecule has 0 aliphatic carbocycles. The van der Waals surface area contributed by atoms with Crippen LogP contribution in [0.2, 0.25) is 0 Å². The first-order valence-corrected chi connectivity index (χ1v) is 21.4. The molecule has 0 saturated carbocycles. The Morgan fingerprint density at radius 2 is 1.15 bits per heavy atom. The van der Waals surface area contributed by atoms with Crippen LogP contribution < -0.4 is 0 Å². The predicted molar refractivity (Wildman–Crippen MR) is 206 cm³/mol. The SMILES string of the molecule is COC1OC(CO)[C@H](CC2OC(CO)[C@@H](C)[C@H](C)[C@@H]2O)[C@H](OC2OC(CO)[C@@H](OC3OC(CO)[C@H](O)[C@H](O[C@]4(C)C[C@@H](O)[C@@H](C)C(C(O)[C@H](O)CO)O4)[C@@H]3C)[C@H](O)[C@@H]2C)[C@@H]1O. The van der Waals surface area contributed by atoms with Crippen LogP contribution in [0.25, 0.3) is 0 Å². The van der Waals surface area contributed by atoms with Crippen LogP contribution in [-0.4, -0.2) is 224 Å². The van der Waals surface area contributed by atoms with E-state index in [9.17, 15) is 61.3 Å². The molecule has 21 heteroatoms. The minimum Gasteiger partial charge on any atom is -0.394 e. The molecule has 0 aromatic heterocycles. The molecule has 10 unspecified atom stereocenters. The number of ether oxygens (including phenoxy) is 9. The summed E-state index contributed by atoms with van der Waals surface area (Å²) in [4.78, 5) is 0. The van der Waals surface area contributed by atoms with Crippen LogP contribution in [0.1, 0.15) is 54.4 Å². The van der Waals surface area contributed by atoms with Gasteiger partial charge in [0.25, 0.3) is 0 Å². The molecule has 26 atom stereocenters. The lowest BCUT2D eigenvalue weighted by molar-refractivity contribution is -0.386. The van der Waals surface area contributed by atoms with E-state index in [-0.39, 0.29) is 31.3 Å². The Balaban J connectivity index is 1.34. The molecule has 0 amide bonds. The second-order valence-corrected chi connectivity index (χ2v) is 18.0. The molecule has 0 aromatic rings. The van der Waals surface area contributed by atoms with Gasteiger partial charge in [0.15, 0.2) is 24.7 Å². The van der Waals surface area contributed by atoms with Gasteiger partial charge >= 0.3 is 0 Å². The molecule has 0 aromatic carbocycles. The second-order valence-electron chi connectivity index (χ2n) is 18.0. The van der Waals surface area contributed by atoms with Gasteiger partial charge in [-0.3, -0.25) is 0 Å². The van der Waals surface area contributed by atoms with Crippen molar-refractivity contribution < 1.29 is 104 Å². The van der Waals surface area contributed by atoms with Crippen LogP contribution in [-0.2, 0) is 42.6 Å². The van der Waals surface area contributed by atoms with Crippen molar-refractivity contribution in [2.24, 2.45) is 35.5 Å². The van der Waals surface area contributed by atoms with Gasteiger partial charge in [0.05, 0.1) is 88.0 Å². The minimum absolute atomic E-state index is 0.0167. The summed E-state index contributed by atoms with van der Waals surface area (Å²) in [6, 6.07) is 0. The van der Waals surface area contributed by atoms with E-state index < -0.39 is 172 Å². The van der Waals surface area contributed by atoms with E-state index in [2.05, 4.69) is 0 Å². The van der Waals surface area contributed by atoms with E-state index in [0.29, 0.717) is 0 Å². The van der Waals surface area contributed by atoms with Gasteiger partial charge in [-0.2, -0.15) is 0 Å². The van der Waals surface area contributed by atoms with Gasteiger partial charge < -0.3 is 104 Å². The van der Waals surface area contributed by atoms with Crippen molar-refractivity contribution in [1.29, 1.82) is 0 Å². The summed E-state index contributed by atoms with van der Waals surface area (Å²) in [6.07, 6.45) is -23.5. The van der Waals surface area contributed by atoms with E-state index in [1.807, 2.05) is 13.8 Å². The number of methoxy groups -OCH3 is 1. The van der Waals surface area contributed by atoms with E-state index in [1.165, 1.54) is 14.0 Å². The van der Waals surface area contributed by atoms with Gasteiger partial charge in [-0.1, -0.05) is 34.6 Å². The van der Waals surface area contributed by atoms with Crippen molar-refractivity contribution in [2.75, 3.05) is 40.1 Å². The Labute approximate surface area is 355 Å². The van der Waals surface area contributed by atoms with Gasteiger partial charge in [0.2, 0.25) is 0 Å². The van der Waals surface area contributed by atoms with Crippen molar-refractivity contribution in [3.8, 4) is 0 Å². The fourth-order valence-corrected chi connectivity index (χ4v) is 9.58. The van der Waals surface area contributed by atoms with Crippen molar-refractivity contribution in [3.63, 3.8) is 0 Å². The molecule has 0 spiro atoms. The monoisotopic (exact) mass is 888 g/mol. The van der Waals surface area contributed by atoms with Crippen molar-refractivity contribution in [1.82, 2.24) is 0 Å². The van der Waals surface area contributed by atoms with Crippen molar-refractivity contribution in [2.45, 2.75) is 177 Å². The maximum atomic E-state index is 11.8. The van der Waals surface area contributed by atoms with E-state index in [4.69, 9.17) is 42.6 Å². The lowest BCUT2D eigenvalue weighted by atomic mass is 9.76. The van der Waals surface area contributed by atoms with Crippen LogP contribution in [0.3, 0.4) is 0 Å². The fourth-order valence-electron chi connectivity index (χ4n) is 9.58. The predicted octanol–water partition coefficient (Wildman–Crippen LogP) is -4.09. The summed E-state index contributed by atoms with van der Waals surface area (Å²) < 4.78 is 54.7. The highest BCUT2D eigenvalue weighted by Crippen LogP contribution is 2.43. The minimum atomic E-state index is -1.67. The molecule has 61 heavy (non-hydrogen) atoms. The zero-order valence-corrected chi connectivity index (χ0v) is 35.9. The molecule has 0 bridgehead atoms. The summed E-state index contributed by atoms with van der Waals surface area (Å²) in [5.74, 6) is -5.44. The molecule has 5 aliphatic heterocycles. The quantitative estimate of drug-likeness (QED) is 0.0701. The molecular formula is C40H72O21. The average Bonchev–Trinajstić information content (AvgIpc) is 3.24. The highest BCUT2D eigenvalue weighted by molar-refractivity contribution is 4.99. The third kappa shape index (κ3) is 10.7. The highest BCUT2D eigenvalue weighted by Gasteiger charge is 2.56. The highest BCUT2D eigenvalue weighted by atomic mass is 16.8. The van der Waals surface area contributed by atoms with E-state index in [1.54, 1.807) is 20.8 Å². The average molecular weight is 889 g/mol. The Kier molecular flexibility index (Phi) is 18.1. The molecule has 0 radical (unpaired) electrons. The molecule has 5 aliphatic rings. The largest absolute Gasteiger partial charge is 0.394 e. The Morgan fingerprint density at radius 1 is 0.574 bits per heavy atom. The normalized spacial score (nSPS) is 50.9. The third-order valence-corrected chi connectivity index (χ3v) is 13.9. The van der Waals surface area contributed by atoms with Gasteiger partial charge in [-0.15, -0.1) is 0 Å². The Hall–Kier alpha value is -0.840. The Bertz CT molecular complexity index is 1330. The van der Waals surface area contributed by atoms with Gasteiger partial charge in [-0.05, 0) is 25.2 Å². The zero-order chi connectivity index (χ0) is 45.2. The summed E-state index contributed by atoms with van der Waals surface area (Å²) >= 11 is 0. The summed E-state index contributed by atoms with van der Waals surface area (Å²) in [5, 5.41) is 128. The summed E-state index contributed by atoms with van der Waals surface area (Å²) in [7, 11) is 1.30. The second kappa shape index (κ2) is 21.6.